The van der Waals surface area contributed by atoms with Gasteiger partial charge < -0.3 is 15.4 Å². The van der Waals surface area contributed by atoms with Crippen LogP contribution in [0.1, 0.15) is 37.7 Å². The second-order valence-electron chi connectivity index (χ2n) is 6.82. The highest BCUT2D eigenvalue weighted by atomic mass is 16.5. The summed E-state index contributed by atoms with van der Waals surface area (Å²) in [5, 5.41) is 5.60. The first-order valence-corrected chi connectivity index (χ1v) is 9.19. The molecule has 0 unspecified atom stereocenters. The Balaban J connectivity index is 1.78. The molecule has 0 bridgehead atoms. The summed E-state index contributed by atoms with van der Waals surface area (Å²) in [4.78, 5) is 29.4. The summed E-state index contributed by atoms with van der Waals surface area (Å²) in [5.74, 6) is -0.252. The molecule has 1 aromatic heterocycles. The van der Waals surface area contributed by atoms with Gasteiger partial charge >= 0.3 is 0 Å². The van der Waals surface area contributed by atoms with Gasteiger partial charge in [0.05, 0.1) is 12.8 Å². The van der Waals surface area contributed by atoms with Crippen molar-refractivity contribution >= 4 is 23.2 Å². The number of nitrogens with one attached hydrogen (secondary N) is 2. The molecule has 1 heterocycles. The lowest BCUT2D eigenvalue weighted by Crippen LogP contribution is -2.18. The molecule has 0 saturated heterocycles. The minimum absolute atomic E-state index is 0.140. The molecule has 0 spiro atoms. The van der Waals surface area contributed by atoms with Gasteiger partial charge in [-0.3, -0.25) is 9.59 Å². The van der Waals surface area contributed by atoms with E-state index in [9.17, 15) is 9.59 Å². The molecule has 0 radical (unpaired) electrons. The summed E-state index contributed by atoms with van der Waals surface area (Å²) in [5.41, 5.74) is 4.73. The second kappa shape index (κ2) is 8.56. The van der Waals surface area contributed by atoms with Crippen LogP contribution in [0.4, 0.5) is 11.4 Å². The van der Waals surface area contributed by atoms with E-state index in [-0.39, 0.29) is 17.3 Å². The predicted octanol–water partition coefficient (Wildman–Crippen LogP) is 4.52. The van der Waals surface area contributed by atoms with Crippen molar-refractivity contribution in [3.05, 3.63) is 82.7 Å². The fourth-order valence-electron chi connectivity index (χ4n) is 2.81. The van der Waals surface area contributed by atoms with Crippen LogP contribution in [0.5, 0.6) is 5.75 Å². The van der Waals surface area contributed by atoms with E-state index in [1.165, 1.54) is 7.11 Å². The van der Waals surface area contributed by atoms with E-state index in [1.807, 2.05) is 51.1 Å². The van der Waals surface area contributed by atoms with Crippen LogP contribution >= 0.6 is 0 Å². The average molecular weight is 389 g/mol. The maximum Gasteiger partial charge on any atom is 0.274 e. The number of hydrogen-bond acceptors (Lipinski definition) is 4. The van der Waals surface area contributed by atoms with Gasteiger partial charge in [-0.15, -0.1) is 0 Å². The van der Waals surface area contributed by atoms with Crippen LogP contribution in [0, 0.1) is 20.8 Å². The van der Waals surface area contributed by atoms with Crippen LogP contribution in [0.15, 0.2) is 54.6 Å². The third kappa shape index (κ3) is 4.79. The van der Waals surface area contributed by atoms with Gasteiger partial charge in [-0.1, -0.05) is 18.2 Å². The zero-order valence-corrected chi connectivity index (χ0v) is 16.9. The molecule has 3 aromatic rings. The van der Waals surface area contributed by atoms with Crippen molar-refractivity contribution in [2.45, 2.75) is 20.8 Å². The fourth-order valence-corrected chi connectivity index (χ4v) is 2.81. The maximum atomic E-state index is 12.6. The Kier molecular flexibility index (Phi) is 5.93. The lowest BCUT2D eigenvalue weighted by atomic mass is 10.1. The molecular formula is C23H23N3O3. The van der Waals surface area contributed by atoms with Crippen molar-refractivity contribution in [2.75, 3.05) is 17.7 Å². The number of methoxy groups -OCH3 is 1. The molecule has 0 aliphatic rings. The largest absolute Gasteiger partial charge is 0.495 e. The topological polar surface area (TPSA) is 80.3 Å². The lowest BCUT2D eigenvalue weighted by Gasteiger charge is -2.11. The molecule has 3 rings (SSSR count). The van der Waals surface area contributed by atoms with E-state index in [2.05, 4.69) is 15.6 Å². The Bertz CT molecular complexity index is 1080. The Hall–Kier alpha value is -3.67. The number of rotatable bonds is 5. The summed E-state index contributed by atoms with van der Waals surface area (Å²) in [6, 6.07) is 15.9. The number of hydrogen-bond donors (Lipinski definition) is 2. The van der Waals surface area contributed by atoms with E-state index >= 15 is 0 Å². The standard InChI is InChI=1S/C23H23N3O3/c1-14-8-11-21(29-4)20(12-14)26-23(28)19-7-5-6-18(25-19)22(27)24-17-10-9-15(2)16(3)13-17/h5-13H,1-4H3,(H,24,27)(H,26,28). The number of pyridine rings is 1. The predicted molar refractivity (Wildman–Crippen MR) is 114 cm³/mol. The molecule has 148 valence electrons. The molecule has 6 nitrogen and oxygen atoms in total. The summed E-state index contributed by atoms with van der Waals surface area (Å²) in [7, 11) is 1.54. The van der Waals surface area contributed by atoms with E-state index < -0.39 is 5.91 Å². The zero-order chi connectivity index (χ0) is 21.0. The quantitative estimate of drug-likeness (QED) is 0.672. The second-order valence-corrected chi connectivity index (χ2v) is 6.82. The first-order valence-electron chi connectivity index (χ1n) is 9.19. The smallest absolute Gasteiger partial charge is 0.274 e. The van der Waals surface area contributed by atoms with E-state index in [4.69, 9.17) is 4.74 Å². The molecule has 0 fully saturated rings. The number of ether oxygens (including phenoxy) is 1. The molecule has 6 heteroatoms. The van der Waals surface area contributed by atoms with Crippen LogP contribution in [0.2, 0.25) is 0 Å². The maximum absolute atomic E-state index is 12.6. The number of benzene rings is 2. The Morgan fingerprint density at radius 2 is 1.52 bits per heavy atom. The molecule has 0 aliphatic carbocycles. The van der Waals surface area contributed by atoms with Gasteiger partial charge in [0.2, 0.25) is 0 Å². The third-order valence-corrected chi connectivity index (χ3v) is 4.58. The van der Waals surface area contributed by atoms with Gasteiger partial charge in [-0.05, 0) is 73.9 Å². The molecule has 0 saturated carbocycles. The number of amides is 2. The number of nitrogens with zero attached hydrogens (tertiary/aromatic N) is 1. The van der Waals surface area contributed by atoms with Crippen LogP contribution < -0.4 is 15.4 Å². The summed E-state index contributed by atoms with van der Waals surface area (Å²) in [6.45, 7) is 5.91. The fraction of sp³-hybridized carbons (Fsp3) is 0.174. The highest BCUT2D eigenvalue weighted by Gasteiger charge is 2.15. The van der Waals surface area contributed by atoms with E-state index in [1.54, 1.807) is 24.3 Å². The highest BCUT2D eigenvalue weighted by Crippen LogP contribution is 2.25. The van der Waals surface area contributed by atoms with Gasteiger partial charge in [0.25, 0.3) is 11.8 Å². The van der Waals surface area contributed by atoms with E-state index in [0.29, 0.717) is 17.1 Å². The third-order valence-electron chi connectivity index (χ3n) is 4.58. The van der Waals surface area contributed by atoms with E-state index in [0.717, 1.165) is 16.7 Å². The first kappa shape index (κ1) is 20.1. The summed E-state index contributed by atoms with van der Waals surface area (Å²) >= 11 is 0. The van der Waals surface area contributed by atoms with Gasteiger partial charge in [0, 0.05) is 5.69 Å². The van der Waals surface area contributed by atoms with Gasteiger partial charge in [0.1, 0.15) is 17.1 Å². The SMILES string of the molecule is COc1ccc(C)cc1NC(=O)c1cccc(C(=O)Nc2ccc(C)c(C)c2)n1. The molecular weight excluding hydrogens is 366 g/mol. The van der Waals surface area contributed by atoms with Crippen molar-refractivity contribution in [3.63, 3.8) is 0 Å². The first-order chi connectivity index (χ1) is 13.9. The molecule has 0 aliphatic heterocycles. The minimum atomic E-state index is -0.422. The van der Waals surface area contributed by atoms with Gasteiger partial charge in [0.15, 0.2) is 0 Å². The van der Waals surface area contributed by atoms with Gasteiger partial charge in [-0.2, -0.15) is 0 Å². The molecule has 0 atom stereocenters. The van der Waals surface area contributed by atoms with Crippen LogP contribution in [0.25, 0.3) is 0 Å². The lowest BCUT2D eigenvalue weighted by molar-refractivity contribution is 0.101. The van der Waals surface area contributed by atoms with Crippen LogP contribution in [-0.2, 0) is 0 Å². The molecule has 29 heavy (non-hydrogen) atoms. The Morgan fingerprint density at radius 1 is 0.828 bits per heavy atom. The normalized spacial score (nSPS) is 10.3. The number of carbonyl (C=O) groups excluding carboxylic acids is 2. The molecule has 2 amide bonds. The van der Waals surface area contributed by atoms with Crippen LogP contribution in [0.3, 0.4) is 0 Å². The summed E-state index contributed by atoms with van der Waals surface area (Å²) in [6.07, 6.45) is 0. The highest BCUT2D eigenvalue weighted by molar-refractivity contribution is 6.06. The van der Waals surface area contributed by atoms with Gasteiger partial charge in [-0.25, -0.2) is 4.98 Å². The Labute approximate surface area is 169 Å². The van der Waals surface area contributed by atoms with Crippen molar-refractivity contribution in [2.24, 2.45) is 0 Å². The van der Waals surface area contributed by atoms with Crippen molar-refractivity contribution in [3.8, 4) is 5.75 Å². The molecule has 2 aromatic carbocycles. The number of carbonyl (C=O) groups is 2. The van der Waals surface area contributed by atoms with Crippen molar-refractivity contribution < 1.29 is 14.3 Å². The summed E-state index contributed by atoms with van der Waals surface area (Å²) < 4.78 is 5.28. The van der Waals surface area contributed by atoms with Crippen molar-refractivity contribution in [1.82, 2.24) is 4.98 Å². The number of aryl methyl sites for hydroxylation is 3. The molecule has 2 N–H and O–H groups in total. The monoisotopic (exact) mass is 389 g/mol. The number of anilines is 2. The Morgan fingerprint density at radius 3 is 2.17 bits per heavy atom. The van der Waals surface area contributed by atoms with Crippen molar-refractivity contribution in [1.29, 1.82) is 0 Å². The zero-order valence-electron chi connectivity index (χ0n) is 16.9. The average Bonchev–Trinajstić information content (AvgIpc) is 2.71. The number of aromatic nitrogens is 1. The van der Waals surface area contributed by atoms with Crippen LogP contribution in [-0.4, -0.2) is 23.9 Å². The minimum Gasteiger partial charge on any atom is -0.495 e.